The summed E-state index contributed by atoms with van der Waals surface area (Å²) in [4.78, 5) is 17.9. The number of ether oxygens (including phenoxy) is 2. The molecule has 0 amide bonds. The zero-order chi connectivity index (χ0) is 19.8. The Morgan fingerprint density at radius 3 is 2.82 bits per heavy atom. The van der Waals surface area contributed by atoms with Crippen LogP contribution >= 0.6 is 11.6 Å². The van der Waals surface area contributed by atoms with Gasteiger partial charge in [-0.25, -0.2) is 19.3 Å². The summed E-state index contributed by atoms with van der Waals surface area (Å²) in [7, 11) is 0. The molecular weight excluding hydrogens is 389 g/mol. The number of aromatic amines is 2. The van der Waals surface area contributed by atoms with Gasteiger partial charge in [0.15, 0.2) is 5.82 Å². The molecule has 1 aliphatic heterocycles. The van der Waals surface area contributed by atoms with Gasteiger partial charge >= 0.3 is 5.69 Å². The van der Waals surface area contributed by atoms with Gasteiger partial charge in [0.05, 0.1) is 23.8 Å². The van der Waals surface area contributed by atoms with E-state index in [0.29, 0.717) is 37.0 Å². The van der Waals surface area contributed by atoms with Gasteiger partial charge in [-0.05, 0) is 24.3 Å². The van der Waals surface area contributed by atoms with Crippen molar-refractivity contribution >= 4 is 11.6 Å². The van der Waals surface area contributed by atoms with Crippen LogP contribution in [0.15, 0.2) is 47.4 Å². The van der Waals surface area contributed by atoms with Crippen molar-refractivity contribution < 1.29 is 13.9 Å². The van der Waals surface area contributed by atoms with E-state index in [0.717, 1.165) is 6.54 Å². The Bertz CT molecular complexity index is 919. The monoisotopic (exact) mass is 407 g/mol. The van der Waals surface area contributed by atoms with Gasteiger partial charge in [0.2, 0.25) is 5.88 Å². The van der Waals surface area contributed by atoms with Crippen molar-refractivity contribution in [2.45, 2.75) is 6.10 Å². The van der Waals surface area contributed by atoms with E-state index in [4.69, 9.17) is 21.1 Å². The minimum Gasteiger partial charge on any atom is -0.470 e. The highest BCUT2D eigenvalue weighted by Crippen LogP contribution is 2.24. The first-order valence-corrected chi connectivity index (χ1v) is 8.96. The van der Waals surface area contributed by atoms with Crippen LogP contribution in [0.5, 0.6) is 5.88 Å². The quantitative estimate of drug-likeness (QED) is 0.613. The fourth-order valence-corrected chi connectivity index (χ4v) is 2.55. The fraction of sp³-hybridized carbons (Fsp3) is 0.278. The van der Waals surface area contributed by atoms with Gasteiger partial charge < -0.3 is 14.8 Å². The van der Waals surface area contributed by atoms with Crippen molar-refractivity contribution in [2.75, 3.05) is 26.3 Å². The number of halogens is 2. The van der Waals surface area contributed by atoms with Gasteiger partial charge in [0.25, 0.3) is 0 Å². The highest BCUT2D eigenvalue weighted by Gasteiger charge is 2.18. The molecule has 10 heteroatoms. The molecule has 1 saturated heterocycles. The average Bonchev–Trinajstić information content (AvgIpc) is 2.97. The number of nitrogens with one attached hydrogen (secondary N) is 3. The number of H-pyrrole nitrogens is 2. The summed E-state index contributed by atoms with van der Waals surface area (Å²) in [6.45, 7) is 2.66. The maximum absolute atomic E-state index is 12.2. The van der Waals surface area contributed by atoms with Crippen LogP contribution in [0.1, 0.15) is 0 Å². The number of hydrogen-bond acceptors (Lipinski definition) is 6. The van der Waals surface area contributed by atoms with E-state index in [2.05, 4.69) is 25.5 Å². The number of benzene rings is 1. The first kappa shape index (κ1) is 20.0. The van der Waals surface area contributed by atoms with Crippen molar-refractivity contribution in [1.82, 2.24) is 25.5 Å². The summed E-state index contributed by atoms with van der Waals surface area (Å²) in [6, 6.07) is 9.67. The Morgan fingerprint density at radius 1 is 1.25 bits per heavy atom. The molecule has 1 atom stereocenters. The Labute approximate surface area is 165 Å². The smallest absolute Gasteiger partial charge is 0.340 e. The molecule has 0 spiro atoms. The third-order valence-electron chi connectivity index (χ3n) is 3.73. The van der Waals surface area contributed by atoms with Crippen LogP contribution in [0.4, 0.5) is 4.39 Å². The number of pyridine rings is 1. The van der Waals surface area contributed by atoms with Gasteiger partial charge in [0.1, 0.15) is 11.9 Å². The third-order valence-corrected chi connectivity index (χ3v) is 4.04. The summed E-state index contributed by atoms with van der Waals surface area (Å²) in [6.07, 6.45) is 1.51. The molecule has 1 unspecified atom stereocenters. The lowest BCUT2D eigenvalue weighted by Gasteiger charge is -2.17. The van der Waals surface area contributed by atoms with Gasteiger partial charge in [-0.15, -0.1) is 0 Å². The van der Waals surface area contributed by atoms with Gasteiger partial charge in [0, 0.05) is 19.3 Å². The highest BCUT2D eigenvalue weighted by atomic mass is 35.5. The van der Waals surface area contributed by atoms with Crippen LogP contribution in [-0.2, 0) is 4.74 Å². The molecule has 1 aliphatic rings. The normalized spacial score (nSPS) is 16.6. The van der Waals surface area contributed by atoms with Crippen LogP contribution in [0, 0.1) is 5.82 Å². The summed E-state index contributed by atoms with van der Waals surface area (Å²) in [5.74, 6) is 0.460. The molecule has 0 radical (unpaired) electrons. The SMILES string of the molecule is Fc1ccccc1Cl.O=c1[nH]nc(-c2cccnc2OC2CNCCOC2)[nH]1. The molecule has 0 saturated carbocycles. The summed E-state index contributed by atoms with van der Waals surface area (Å²) in [5.41, 5.74) is 0.268. The highest BCUT2D eigenvalue weighted by molar-refractivity contribution is 6.30. The number of nitrogens with zero attached hydrogens (tertiary/aromatic N) is 2. The van der Waals surface area contributed by atoms with Crippen LogP contribution < -0.4 is 15.7 Å². The molecule has 0 bridgehead atoms. The minimum atomic E-state index is -0.367. The molecule has 8 nitrogen and oxygen atoms in total. The second kappa shape index (κ2) is 9.98. The first-order chi connectivity index (χ1) is 13.6. The fourth-order valence-electron chi connectivity index (χ4n) is 2.42. The van der Waals surface area contributed by atoms with E-state index in [1.807, 2.05) is 0 Å². The van der Waals surface area contributed by atoms with E-state index in [-0.39, 0.29) is 22.6 Å². The molecule has 1 aromatic carbocycles. The Morgan fingerprint density at radius 2 is 2.11 bits per heavy atom. The van der Waals surface area contributed by atoms with Crippen LogP contribution in [0.25, 0.3) is 11.4 Å². The first-order valence-electron chi connectivity index (χ1n) is 8.58. The second-order valence-electron chi connectivity index (χ2n) is 5.82. The number of rotatable bonds is 3. The van der Waals surface area contributed by atoms with Crippen molar-refractivity contribution in [1.29, 1.82) is 0 Å². The second-order valence-corrected chi connectivity index (χ2v) is 6.22. The molecule has 3 heterocycles. The van der Waals surface area contributed by atoms with Gasteiger partial charge in [-0.2, -0.15) is 5.10 Å². The third kappa shape index (κ3) is 5.62. The number of aromatic nitrogens is 4. The molecule has 3 aromatic rings. The molecule has 1 fully saturated rings. The maximum Gasteiger partial charge on any atom is 0.340 e. The number of hydrogen-bond donors (Lipinski definition) is 3. The summed E-state index contributed by atoms with van der Waals surface area (Å²) in [5, 5.41) is 9.62. The van der Waals surface area contributed by atoms with Crippen LogP contribution in [0.3, 0.4) is 0 Å². The van der Waals surface area contributed by atoms with E-state index < -0.39 is 0 Å². The van der Waals surface area contributed by atoms with Gasteiger partial charge in [-0.3, -0.25) is 4.98 Å². The van der Waals surface area contributed by atoms with Crippen molar-refractivity contribution in [3.05, 3.63) is 63.9 Å². The van der Waals surface area contributed by atoms with Crippen LogP contribution in [-0.4, -0.2) is 52.6 Å². The molecule has 4 rings (SSSR count). The topological polar surface area (TPSA) is 105 Å². The van der Waals surface area contributed by atoms with Crippen LogP contribution in [0.2, 0.25) is 5.02 Å². The molecule has 28 heavy (non-hydrogen) atoms. The maximum atomic E-state index is 12.2. The average molecular weight is 408 g/mol. The predicted octanol–water partition coefficient (Wildman–Crippen LogP) is 2.01. The predicted molar refractivity (Wildman–Crippen MR) is 102 cm³/mol. The van der Waals surface area contributed by atoms with Crippen molar-refractivity contribution in [2.24, 2.45) is 0 Å². The zero-order valence-corrected chi connectivity index (χ0v) is 15.6. The Balaban J connectivity index is 0.000000236. The van der Waals surface area contributed by atoms with E-state index in [1.54, 1.807) is 30.5 Å². The lowest BCUT2D eigenvalue weighted by atomic mass is 10.2. The minimum absolute atomic E-state index is 0.128. The van der Waals surface area contributed by atoms with Crippen molar-refractivity contribution in [3.63, 3.8) is 0 Å². The molecule has 2 aromatic heterocycles. The molecule has 0 aliphatic carbocycles. The summed E-state index contributed by atoms with van der Waals surface area (Å²) >= 11 is 5.33. The molecular formula is C18H19ClFN5O3. The standard InChI is InChI=1S/C12H15N5O3.C6H4ClF/c18-12-15-10(16-17-12)9-2-1-3-14-11(9)20-8-6-13-4-5-19-7-8;7-5-3-1-2-4-6(5)8/h1-3,8,13H,4-7H2,(H2,15,16,17,18);1-4H. The molecule has 3 N–H and O–H groups in total. The summed E-state index contributed by atoms with van der Waals surface area (Å²) < 4.78 is 23.5. The molecule has 148 valence electrons. The lowest BCUT2D eigenvalue weighted by Crippen LogP contribution is -2.32. The van der Waals surface area contributed by atoms with E-state index in [9.17, 15) is 9.18 Å². The van der Waals surface area contributed by atoms with Gasteiger partial charge in [-0.1, -0.05) is 23.7 Å². The zero-order valence-electron chi connectivity index (χ0n) is 14.8. The Kier molecular flexibility index (Phi) is 7.12. The van der Waals surface area contributed by atoms with E-state index in [1.165, 1.54) is 12.1 Å². The van der Waals surface area contributed by atoms with E-state index >= 15 is 0 Å². The Hall–Kier alpha value is -2.75. The van der Waals surface area contributed by atoms with Crippen molar-refractivity contribution in [3.8, 4) is 17.3 Å². The largest absolute Gasteiger partial charge is 0.470 e. The lowest BCUT2D eigenvalue weighted by molar-refractivity contribution is 0.0707.